The zero-order chi connectivity index (χ0) is 14.6. The molecule has 0 aliphatic rings. The van der Waals surface area contributed by atoms with Gasteiger partial charge >= 0.3 is 5.97 Å². The maximum atomic E-state index is 13.2. The molecule has 0 aliphatic carbocycles. The van der Waals surface area contributed by atoms with Crippen LogP contribution >= 0.6 is 0 Å². The van der Waals surface area contributed by atoms with Crippen molar-refractivity contribution in [2.45, 2.75) is 19.4 Å². The molecule has 0 aromatic heterocycles. The summed E-state index contributed by atoms with van der Waals surface area (Å²) in [6.45, 7) is -1.06. The summed E-state index contributed by atoms with van der Waals surface area (Å²) in [5, 5.41) is 0. The van der Waals surface area contributed by atoms with Crippen molar-refractivity contribution in [2.24, 2.45) is 0 Å². The van der Waals surface area contributed by atoms with Crippen LogP contribution in [0.3, 0.4) is 0 Å². The van der Waals surface area contributed by atoms with Crippen molar-refractivity contribution in [1.29, 1.82) is 0 Å². The Labute approximate surface area is 105 Å². The van der Waals surface area contributed by atoms with Gasteiger partial charge in [-0.25, -0.2) is 22.0 Å². The molecule has 1 rings (SSSR count). The van der Waals surface area contributed by atoms with Crippen LogP contribution < -0.4 is 0 Å². The van der Waals surface area contributed by atoms with Crippen LogP contribution in [-0.2, 0) is 16.1 Å². The monoisotopic (exact) mass is 278 g/mol. The lowest BCUT2D eigenvalue weighted by Gasteiger charge is -2.08. The van der Waals surface area contributed by atoms with Crippen molar-refractivity contribution in [3.05, 3.63) is 34.6 Å². The highest BCUT2D eigenvalue weighted by molar-refractivity contribution is 5.69. The third-order valence-electron chi connectivity index (χ3n) is 2.15. The van der Waals surface area contributed by atoms with Gasteiger partial charge in [-0.2, -0.15) is 0 Å². The molecule has 1 aromatic carbocycles. The third-order valence-corrected chi connectivity index (χ3v) is 2.15. The fourth-order valence-corrected chi connectivity index (χ4v) is 1.18. The quantitative estimate of drug-likeness (QED) is 0.278. The Morgan fingerprint density at radius 2 is 1.47 bits per heavy atom. The van der Waals surface area contributed by atoms with Gasteiger partial charge < -0.3 is 4.74 Å². The molecule has 0 saturated heterocycles. The first-order valence-corrected chi connectivity index (χ1v) is 4.99. The molecule has 0 atom stereocenters. The van der Waals surface area contributed by atoms with Gasteiger partial charge in [0.25, 0.3) is 0 Å². The van der Waals surface area contributed by atoms with E-state index in [2.05, 4.69) is 10.7 Å². The molecule has 1 aromatic rings. The molecule has 102 valence electrons. The Bertz CT molecular complexity index is 519. The van der Waals surface area contributed by atoms with E-state index in [0.717, 1.165) is 0 Å². The summed E-state index contributed by atoms with van der Waals surface area (Å²) in [5.41, 5.74) is -1.20. The van der Waals surface area contributed by atoms with Crippen molar-refractivity contribution in [3.63, 3.8) is 0 Å². The summed E-state index contributed by atoms with van der Waals surface area (Å²) in [5.74, 6) is -9.27. The molecule has 0 unspecified atom stereocenters. The largest absolute Gasteiger partial charge is 0.461 e. The van der Waals surface area contributed by atoms with Gasteiger partial charge in [0, 0.05) is 6.42 Å². The van der Waals surface area contributed by atoms with Gasteiger partial charge in [-0.05, 0) is 0 Å². The predicted molar refractivity (Wildman–Crippen MR) is 54.1 cm³/mol. The Balaban J connectivity index is 2.91. The minimum Gasteiger partial charge on any atom is -0.461 e. The third kappa shape index (κ3) is 3.22. The van der Waals surface area contributed by atoms with Crippen LogP contribution in [0.1, 0.15) is 18.4 Å². The molecule has 7 heteroatoms. The van der Waals surface area contributed by atoms with Crippen molar-refractivity contribution < 1.29 is 31.5 Å². The molecular formula is C12H7F5O2. The number of benzene rings is 1. The number of terminal acetylenes is 1. The van der Waals surface area contributed by atoms with Gasteiger partial charge in [-0.3, -0.25) is 4.79 Å². The van der Waals surface area contributed by atoms with E-state index in [0.29, 0.717) is 0 Å². The van der Waals surface area contributed by atoms with Crippen molar-refractivity contribution >= 4 is 5.97 Å². The van der Waals surface area contributed by atoms with Crippen LogP contribution in [0.25, 0.3) is 0 Å². The Kier molecular flexibility index (Phi) is 4.87. The fraction of sp³-hybridized carbons (Fsp3) is 0.250. The molecule has 0 bridgehead atoms. The number of hydrogen-bond acceptors (Lipinski definition) is 2. The van der Waals surface area contributed by atoms with E-state index < -0.39 is 47.2 Å². The standard InChI is InChI=1S/C12H7F5O2/c1-2-3-4-7(18)19-5-6-8(13)10(15)12(17)11(16)9(6)14/h1H,3-5H2. The predicted octanol–water partition coefficient (Wildman–Crippen LogP) is 2.84. The molecular weight excluding hydrogens is 271 g/mol. The average Bonchev–Trinajstić information content (AvgIpc) is 2.40. The number of rotatable bonds is 4. The summed E-state index contributed by atoms with van der Waals surface area (Å²) in [4.78, 5) is 11.0. The fourth-order valence-electron chi connectivity index (χ4n) is 1.18. The first kappa shape index (κ1) is 15.0. The number of halogens is 5. The highest BCUT2D eigenvalue weighted by Crippen LogP contribution is 2.23. The lowest BCUT2D eigenvalue weighted by Crippen LogP contribution is -2.11. The molecule has 0 saturated carbocycles. The number of carbonyl (C=O) groups is 1. The van der Waals surface area contributed by atoms with E-state index in [4.69, 9.17) is 6.42 Å². The Morgan fingerprint density at radius 1 is 1.00 bits per heavy atom. The van der Waals surface area contributed by atoms with Crippen LogP contribution in [0, 0.1) is 41.4 Å². The van der Waals surface area contributed by atoms with Crippen molar-refractivity contribution in [2.75, 3.05) is 0 Å². The van der Waals surface area contributed by atoms with Crippen LogP contribution in [0.2, 0.25) is 0 Å². The van der Waals surface area contributed by atoms with Gasteiger partial charge in [0.05, 0.1) is 12.0 Å². The lowest BCUT2D eigenvalue weighted by molar-refractivity contribution is -0.145. The van der Waals surface area contributed by atoms with Gasteiger partial charge in [-0.15, -0.1) is 12.3 Å². The minimum atomic E-state index is -2.27. The second-order valence-corrected chi connectivity index (χ2v) is 3.41. The number of hydrogen-bond donors (Lipinski definition) is 0. The Morgan fingerprint density at radius 3 is 1.95 bits per heavy atom. The van der Waals surface area contributed by atoms with Gasteiger partial charge in [0.2, 0.25) is 5.82 Å². The molecule has 0 heterocycles. The molecule has 0 fully saturated rings. The topological polar surface area (TPSA) is 26.3 Å². The van der Waals surface area contributed by atoms with Crippen molar-refractivity contribution in [1.82, 2.24) is 0 Å². The van der Waals surface area contributed by atoms with Crippen LogP contribution in [-0.4, -0.2) is 5.97 Å². The SMILES string of the molecule is C#CCCC(=O)OCc1c(F)c(F)c(F)c(F)c1F. The van der Waals surface area contributed by atoms with Gasteiger partial charge in [0.15, 0.2) is 23.3 Å². The highest BCUT2D eigenvalue weighted by Gasteiger charge is 2.26. The molecule has 19 heavy (non-hydrogen) atoms. The van der Waals surface area contributed by atoms with Gasteiger partial charge in [-0.1, -0.05) is 0 Å². The molecule has 2 nitrogen and oxygen atoms in total. The van der Waals surface area contributed by atoms with Crippen molar-refractivity contribution in [3.8, 4) is 12.3 Å². The molecule has 0 radical (unpaired) electrons. The zero-order valence-corrected chi connectivity index (χ0v) is 9.40. The second-order valence-electron chi connectivity index (χ2n) is 3.41. The van der Waals surface area contributed by atoms with E-state index in [-0.39, 0.29) is 12.8 Å². The summed E-state index contributed by atoms with van der Waals surface area (Å²) < 4.78 is 69.0. The molecule has 0 spiro atoms. The van der Waals surface area contributed by atoms with E-state index in [1.54, 1.807) is 0 Å². The van der Waals surface area contributed by atoms with Crippen LogP contribution in [0.15, 0.2) is 0 Å². The second kappa shape index (κ2) is 6.18. The molecule has 0 N–H and O–H groups in total. The zero-order valence-electron chi connectivity index (χ0n) is 9.40. The van der Waals surface area contributed by atoms with Crippen LogP contribution in [0.4, 0.5) is 22.0 Å². The van der Waals surface area contributed by atoms with E-state index in [9.17, 15) is 26.7 Å². The Hall–Kier alpha value is -2.10. The normalized spacial score (nSPS) is 10.1. The first-order chi connectivity index (χ1) is 8.90. The van der Waals surface area contributed by atoms with Gasteiger partial charge in [0.1, 0.15) is 6.61 Å². The number of carbonyl (C=O) groups excluding carboxylic acids is 1. The van der Waals surface area contributed by atoms with Crippen LogP contribution in [0.5, 0.6) is 0 Å². The minimum absolute atomic E-state index is 0.0376. The molecule has 0 amide bonds. The smallest absolute Gasteiger partial charge is 0.307 e. The highest BCUT2D eigenvalue weighted by atomic mass is 19.2. The summed E-state index contributed by atoms with van der Waals surface area (Å²) >= 11 is 0. The maximum absolute atomic E-state index is 13.2. The summed E-state index contributed by atoms with van der Waals surface area (Å²) in [7, 11) is 0. The molecule has 0 aliphatic heterocycles. The first-order valence-electron chi connectivity index (χ1n) is 4.99. The number of ether oxygens (including phenoxy) is 1. The van der Waals surface area contributed by atoms with E-state index in [1.165, 1.54) is 0 Å². The summed E-state index contributed by atoms with van der Waals surface area (Å²) in [6.07, 6.45) is 4.69. The summed E-state index contributed by atoms with van der Waals surface area (Å²) in [6, 6.07) is 0. The van der Waals surface area contributed by atoms with E-state index in [1.807, 2.05) is 0 Å². The van der Waals surface area contributed by atoms with E-state index >= 15 is 0 Å². The average molecular weight is 278 g/mol. The maximum Gasteiger partial charge on any atom is 0.307 e. The lowest BCUT2D eigenvalue weighted by atomic mass is 10.2. The number of esters is 1.